The number of aliphatic hydroxyl groups is 2. The maximum absolute atomic E-state index is 16.9. The van der Waals surface area contributed by atoms with Crippen LogP contribution in [0.4, 0.5) is 8.78 Å². The zero-order valence-electron chi connectivity index (χ0n) is 17.1. The number of fused-ring (bicyclic) bond motifs is 5. The van der Waals surface area contributed by atoms with Gasteiger partial charge in [0.2, 0.25) is 0 Å². The zero-order chi connectivity index (χ0) is 21.6. The average molecular weight is 431 g/mol. The number of ketones is 2. The number of alkyl halides is 3. The summed E-state index contributed by atoms with van der Waals surface area (Å²) in [4.78, 5) is 24.7. The molecule has 4 aliphatic rings. The van der Waals surface area contributed by atoms with Crippen molar-refractivity contribution in [2.24, 2.45) is 22.7 Å². The Bertz CT molecular complexity index is 813. The van der Waals surface area contributed by atoms with Crippen molar-refractivity contribution in [1.82, 2.24) is 0 Å². The van der Waals surface area contributed by atoms with Crippen molar-refractivity contribution in [3.63, 3.8) is 0 Å². The molecule has 4 aliphatic carbocycles. The number of hydrogen-bond acceptors (Lipinski definition) is 4. The molecule has 0 aromatic heterocycles. The number of halogens is 3. The Kier molecular flexibility index (Phi) is 4.50. The summed E-state index contributed by atoms with van der Waals surface area (Å²) in [5, 5.41) is 21.8. The first-order valence-electron chi connectivity index (χ1n) is 10.4. The third kappa shape index (κ3) is 2.43. The van der Waals surface area contributed by atoms with Crippen molar-refractivity contribution in [2.45, 2.75) is 82.3 Å². The molecular weight excluding hydrogens is 402 g/mol. The van der Waals surface area contributed by atoms with Crippen LogP contribution in [0.2, 0.25) is 0 Å². The van der Waals surface area contributed by atoms with Crippen molar-refractivity contribution >= 4 is 23.2 Å². The van der Waals surface area contributed by atoms with E-state index in [1.807, 2.05) is 0 Å². The van der Waals surface area contributed by atoms with E-state index < -0.39 is 51.4 Å². The highest BCUT2D eigenvalue weighted by Crippen LogP contribution is 2.71. The van der Waals surface area contributed by atoms with Crippen LogP contribution in [-0.2, 0) is 9.59 Å². The van der Waals surface area contributed by atoms with Gasteiger partial charge in [-0.25, -0.2) is 8.78 Å². The fourth-order valence-electron chi connectivity index (χ4n) is 7.37. The molecule has 0 heterocycles. The van der Waals surface area contributed by atoms with Crippen LogP contribution in [0.15, 0.2) is 11.6 Å². The van der Waals surface area contributed by atoms with E-state index in [2.05, 4.69) is 0 Å². The molecule has 7 heteroatoms. The number of rotatable bonds is 2. The van der Waals surface area contributed by atoms with Gasteiger partial charge in [-0.05, 0) is 63.0 Å². The van der Waals surface area contributed by atoms with Crippen LogP contribution in [0.5, 0.6) is 0 Å². The van der Waals surface area contributed by atoms with E-state index in [4.69, 9.17) is 11.6 Å². The summed E-state index contributed by atoms with van der Waals surface area (Å²) in [6.45, 7) is 4.77. The van der Waals surface area contributed by atoms with E-state index in [1.54, 1.807) is 13.8 Å². The quantitative estimate of drug-likeness (QED) is 0.658. The summed E-state index contributed by atoms with van der Waals surface area (Å²) < 4.78 is 32.2. The Morgan fingerprint density at radius 3 is 2.48 bits per heavy atom. The fraction of sp³-hybridized carbons (Fsp3) is 0.818. The van der Waals surface area contributed by atoms with Gasteiger partial charge in [0.05, 0.1) is 5.88 Å². The maximum Gasteiger partial charge on any atom is 0.186 e. The van der Waals surface area contributed by atoms with Crippen LogP contribution >= 0.6 is 11.6 Å². The molecule has 162 valence electrons. The Morgan fingerprint density at radius 1 is 1.21 bits per heavy atom. The van der Waals surface area contributed by atoms with Gasteiger partial charge >= 0.3 is 0 Å². The van der Waals surface area contributed by atoms with E-state index in [0.717, 1.165) is 6.08 Å². The highest BCUT2D eigenvalue weighted by molar-refractivity contribution is 6.29. The fourth-order valence-corrected chi connectivity index (χ4v) is 7.59. The van der Waals surface area contributed by atoms with Gasteiger partial charge in [-0.3, -0.25) is 9.59 Å². The second-order valence-corrected chi connectivity index (χ2v) is 10.7. The Labute approximate surface area is 174 Å². The minimum absolute atomic E-state index is 0.0351. The average Bonchev–Trinajstić information content (AvgIpc) is 2.91. The predicted octanol–water partition coefficient (Wildman–Crippen LogP) is 3.46. The number of carbonyl (C=O) groups excluding carboxylic acids is 2. The number of hydrogen-bond donors (Lipinski definition) is 2. The van der Waals surface area contributed by atoms with Gasteiger partial charge in [0.1, 0.15) is 23.0 Å². The highest BCUT2D eigenvalue weighted by Gasteiger charge is 2.73. The van der Waals surface area contributed by atoms with Gasteiger partial charge in [-0.15, -0.1) is 11.6 Å². The molecule has 2 unspecified atom stereocenters. The van der Waals surface area contributed by atoms with Gasteiger partial charge in [0.25, 0.3) is 0 Å². The molecule has 0 amide bonds. The molecular formula is C22H29ClF2O4. The number of carbonyl (C=O) groups is 2. The molecule has 3 saturated carbocycles. The van der Waals surface area contributed by atoms with Gasteiger partial charge in [-0.1, -0.05) is 13.8 Å². The van der Waals surface area contributed by atoms with Crippen molar-refractivity contribution < 1.29 is 28.6 Å². The minimum atomic E-state index is -1.83. The molecule has 2 N–H and O–H groups in total. The summed E-state index contributed by atoms with van der Waals surface area (Å²) in [5.41, 5.74) is -7.25. The lowest BCUT2D eigenvalue weighted by Gasteiger charge is -2.63. The van der Waals surface area contributed by atoms with Gasteiger partial charge in [-0.2, -0.15) is 0 Å². The number of allylic oxidation sites excluding steroid dienone is 1. The summed E-state index contributed by atoms with van der Waals surface area (Å²) in [6, 6.07) is 0. The van der Waals surface area contributed by atoms with Gasteiger partial charge in [0, 0.05) is 16.7 Å². The molecule has 8 atom stereocenters. The molecule has 0 aromatic carbocycles. The third-order valence-corrected chi connectivity index (χ3v) is 9.36. The Balaban J connectivity index is 1.80. The smallest absolute Gasteiger partial charge is 0.186 e. The molecule has 4 nitrogen and oxygen atoms in total. The monoisotopic (exact) mass is 430 g/mol. The van der Waals surface area contributed by atoms with Gasteiger partial charge in [0.15, 0.2) is 11.6 Å². The zero-order valence-corrected chi connectivity index (χ0v) is 17.9. The first-order chi connectivity index (χ1) is 13.3. The molecule has 0 radical (unpaired) electrons. The van der Waals surface area contributed by atoms with E-state index in [1.165, 1.54) is 6.92 Å². The Hall–Kier alpha value is -0.850. The van der Waals surface area contributed by atoms with E-state index in [0.29, 0.717) is 6.42 Å². The van der Waals surface area contributed by atoms with Crippen LogP contribution in [0.3, 0.4) is 0 Å². The molecule has 0 aromatic rings. The summed E-state index contributed by atoms with van der Waals surface area (Å²) >= 11 is 5.75. The summed E-state index contributed by atoms with van der Waals surface area (Å²) in [7, 11) is 0. The normalized spacial score (nSPS) is 54.3. The molecule has 0 aliphatic heterocycles. The maximum atomic E-state index is 16.9. The SMILES string of the molecule is CC1(O)C[C@@]2(C)C(=CC1=O)C(F)C[C@H]1[C@@H]3CC[C@](O)(C(=O)CCl)[C@@]3(C)CC[C@@]12F. The topological polar surface area (TPSA) is 74.6 Å². The lowest BCUT2D eigenvalue weighted by molar-refractivity contribution is -0.194. The lowest BCUT2D eigenvalue weighted by Crippen LogP contribution is -2.67. The van der Waals surface area contributed by atoms with Crippen LogP contribution in [0.25, 0.3) is 0 Å². The van der Waals surface area contributed by atoms with Crippen LogP contribution < -0.4 is 0 Å². The van der Waals surface area contributed by atoms with E-state index >= 15 is 8.78 Å². The summed E-state index contributed by atoms with van der Waals surface area (Å²) in [5.74, 6) is -2.44. The first kappa shape index (κ1) is 21.4. The van der Waals surface area contributed by atoms with Crippen molar-refractivity contribution in [3.8, 4) is 0 Å². The second-order valence-electron chi connectivity index (χ2n) is 10.4. The van der Waals surface area contributed by atoms with Crippen molar-refractivity contribution in [3.05, 3.63) is 11.6 Å². The highest BCUT2D eigenvalue weighted by atomic mass is 35.5. The first-order valence-corrected chi connectivity index (χ1v) is 10.9. The summed E-state index contributed by atoms with van der Waals surface area (Å²) in [6.07, 6.45) is 0.274. The Morgan fingerprint density at radius 2 is 1.86 bits per heavy atom. The number of Topliss-reactive ketones (excluding diaryl/α,β-unsaturated/α-hetero) is 1. The molecule has 29 heavy (non-hydrogen) atoms. The lowest BCUT2D eigenvalue weighted by atomic mass is 9.43. The largest absolute Gasteiger partial charge is 0.382 e. The second kappa shape index (κ2) is 6.10. The minimum Gasteiger partial charge on any atom is -0.382 e. The molecule has 3 fully saturated rings. The van der Waals surface area contributed by atoms with Crippen molar-refractivity contribution in [1.29, 1.82) is 0 Å². The van der Waals surface area contributed by atoms with Crippen LogP contribution in [0, 0.1) is 22.7 Å². The third-order valence-electron chi connectivity index (χ3n) is 9.11. The van der Waals surface area contributed by atoms with Gasteiger partial charge < -0.3 is 10.2 Å². The van der Waals surface area contributed by atoms with Crippen LogP contribution in [-0.4, -0.2) is 50.7 Å². The molecule has 0 spiro atoms. The predicted molar refractivity (Wildman–Crippen MR) is 104 cm³/mol. The standard InChI is InChI=1S/C22H29ClF2O4/c1-18-6-7-21(25)13(12(18)4-5-22(18,29)17(27)10-23)8-15(24)14-9-16(26)20(3,28)11-19(14,21)2/h9,12-13,15,28-29H,4-8,10-11H2,1-3H3/t12-,13-,15?,18-,19-,20?,21+,22-/m0/s1. The molecule has 4 rings (SSSR count). The van der Waals surface area contributed by atoms with Crippen molar-refractivity contribution in [2.75, 3.05) is 5.88 Å². The van der Waals surface area contributed by atoms with E-state index in [-0.39, 0.29) is 49.5 Å². The van der Waals surface area contributed by atoms with E-state index in [9.17, 15) is 19.8 Å². The van der Waals surface area contributed by atoms with Crippen LogP contribution in [0.1, 0.15) is 59.3 Å². The molecule has 0 bridgehead atoms. The molecule has 0 saturated heterocycles.